The highest BCUT2D eigenvalue weighted by atomic mass is 79.9. The van der Waals surface area contributed by atoms with Crippen molar-refractivity contribution in [2.45, 2.75) is 6.92 Å². The number of aromatic nitrogens is 2. The zero-order valence-electron chi connectivity index (χ0n) is 9.81. The van der Waals surface area contributed by atoms with E-state index >= 15 is 0 Å². The highest BCUT2D eigenvalue weighted by Gasteiger charge is 2.18. The molecule has 0 atom stereocenters. The number of nitrogens with zero attached hydrogens (tertiary/aromatic N) is 2. The monoisotopic (exact) mass is 310 g/mol. The Hall–Kier alpha value is -1.82. The number of benzene rings is 1. The topological polar surface area (TPSA) is 75.3 Å². The molecule has 18 heavy (non-hydrogen) atoms. The van der Waals surface area contributed by atoms with Crippen LogP contribution in [0, 0.1) is 6.92 Å². The molecular formula is C12H11BrN2O3. The molecule has 0 fully saturated rings. The first-order chi connectivity index (χ1) is 8.41. The van der Waals surface area contributed by atoms with Crippen molar-refractivity contribution in [1.29, 1.82) is 0 Å². The third kappa shape index (κ3) is 1.99. The molecule has 2 aromatic rings. The Kier molecular flexibility index (Phi) is 3.13. The zero-order valence-corrected chi connectivity index (χ0v) is 11.4. The van der Waals surface area contributed by atoms with Gasteiger partial charge in [0, 0.05) is 11.5 Å². The zero-order chi connectivity index (χ0) is 13.4. The third-order valence-corrected chi connectivity index (χ3v) is 3.34. The lowest BCUT2D eigenvalue weighted by molar-refractivity contribution is 0.0689. The Morgan fingerprint density at radius 3 is 2.67 bits per heavy atom. The predicted molar refractivity (Wildman–Crippen MR) is 69.7 cm³/mol. The number of aromatic carboxylic acids is 1. The Labute approximate surface area is 112 Å². The van der Waals surface area contributed by atoms with Crippen molar-refractivity contribution in [2.75, 3.05) is 0 Å². The predicted octanol–water partition coefficient (Wildman–Crippen LogP) is 2.56. The van der Waals surface area contributed by atoms with Crippen LogP contribution in [0.5, 0.6) is 5.75 Å². The van der Waals surface area contributed by atoms with Crippen LogP contribution in [0.2, 0.25) is 0 Å². The van der Waals surface area contributed by atoms with Crippen LogP contribution < -0.4 is 0 Å². The summed E-state index contributed by atoms with van der Waals surface area (Å²) in [6.07, 6.45) is 0. The van der Waals surface area contributed by atoms with E-state index in [-0.39, 0.29) is 11.4 Å². The van der Waals surface area contributed by atoms with Crippen molar-refractivity contribution in [3.8, 4) is 17.0 Å². The van der Waals surface area contributed by atoms with Crippen LogP contribution in [0.3, 0.4) is 0 Å². The number of aromatic hydroxyl groups is 1. The highest BCUT2D eigenvalue weighted by molar-refractivity contribution is 9.10. The van der Waals surface area contributed by atoms with Gasteiger partial charge in [-0.25, -0.2) is 4.79 Å². The lowest BCUT2D eigenvalue weighted by atomic mass is 10.1. The number of rotatable bonds is 2. The maximum Gasteiger partial charge on any atom is 0.356 e. The molecule has 1 aromatic carbocycles. The van der Waals surface area contributed by atoms with Gasteiger partial charge in [-0.1, -0.05) is 6.07 Å². The van der Waals surface area contributed by atoms with Crippen molar-refractivity contribution >= 4 is 21.9 Å². The first kappa shape index (κ1) is 12.6. The molecule has 0 aliphatic rings. The molecule has 2 rings (SSSR count). The molecule has 1 aromatic heterocycles. The van der Waals surface area contributed by atoms with E-state index in [0.29, 0.717) is 21.3 Å². The number of phenols is 1. The Bertz CT molecular complexity index is 634. The number of halogens is 1. The molecular weight excluding hydrogens is 300 g/mol. The molecule has 6 heteroatoms. The minimum absolute atomic E-state index is 0.0553. The Morgan fingerprint density at radius 1 is 1.44 bits per heavy atom. The molecule has 0 unspecified atom stereocenters. The van der Waals surface area contributed by atoms with Crippen LogP contribution in [0.25, 0.3) is 11.3 Å². The van der Waals surface area contributed by atoms with Gasteiger partial charge in [0.15, 0.2) is 5.69 Å². The van der Waals surface area contributed by atoms with Crippen LogP contribution in [0.4, 0.5) is 0 Å². The molecule has 94 valence electrons. The number of hydrogen-bond donors (Lipinski definition) is 2. The SMILES string of the molecule is Cc1ccc(Br)c(-c2cc(C(=O)O)nn2C)c1O. The third-order valence-electron chi connectivity index (χ3n) is 2.68. The maximum absolute atomic E-state index is 10.9. The molecule has 0 radical (unpaired) electrons. The second kappa shape index (κ2) is 4.45. The molecule has 0 aliphatic carbocycles. The maximum atomic E-state index is 10.9. The number of carboxylic acid groups (broad SMARTS) is 1. The Morgan fingerprint density at radius 2 is 2.11 bits per heavy atom. The van der Waals surface area contributed by atoms with E-state index in [0.717, 1.165) is 0 Å². The van der Waals surface area contributed by atoms with Crippen molar-refractivity contribution in [3.05, 3.63) is 33.9 Å². The van der Waals surface area contributed by atoms with Crippen molar-refractivity contribution in [2.24, 2.45) is 7.05 Å². The normalized spacial score (nSPS) is 10.6. The summed E-state index contributed by atoms with van der Waals surface area (Å²) in [5, 5.41) is 22.9. The summed E-state index contributed by atoms with van der Waals surface area (Å²) in [7, 11) is 1.63. The van der Waals surface area contributed by atoms with Crippen LogP contribution in [0.15, 0.2) is 22.7 Å². The summed E-state index contributed by atoms with van der Waals surface area (Å²) in [5.74, 6) is -0.982. The van der Waals surface area contributed by atoms with E-state index in [1.807, 2.05) is 0 Å². The minimum atomic E-state index is -1.10. The fourth-order valence-electron chi connectivity index (χ4n) is 1.72. The van der Waals surface area contributed by atoms with Gasteiger partial charge in [-0.05, 0) is 40.5 Å². The summed E-state index contributed by atoms with van der Waals surface area (Å²) in [6.45, 7) is 1.78. The number of hydrogen-bond acceptors (Lipinski definition) is 3. The van der Waals surface area contributed by atoms with Crippen molar-refractivity contribution < 1.29 is 15.0 Å². The van der Waals surface area contributed by atoms with Crippen LogP contribution in [-0.4, -0.2) is 26.0 Å². The van der Waals surface area contributed by atoms with Crippen LogP contribution >= 0.6 is 15.9 Å². The van der Waals surface area contributed by atoms with Gasteiger partial charge < -0.3 is 10.2 Å². The molecule has 0 saturated carbocycles. The van der Waals surface area contributed by atoms with E-state index in [4.69, 9.17) is 5.11 Å². The lowest BCUT2D eigenvalue weighted by Crippen LogP contribution is -1.99. The van der Waals surface area contributed by atoms with Crippen molar-refractivity contribution in [1.82, 2.24) is 9.78 Å². The minimum Gasteiger partial charge on any atom is -0.507 e. The van der Waals surface area contributed by atoms with Gasteiger partial charge in [0.05, 0.1) is 11.3 Å². The van der Waals surface area contributed by atoms with Gasteiger partial charge in [-0.3, -0.25) is 4.68 Å². The van der Waals surface area contributed by atoms with Crippen LogP contribution in [-0.2, 0) is 7.05 Å². The molecule has 0 saturated heterocycles. The first-order valence-corrected chi connectivity index (χ1v) is 5.97. The van der Waals surface area contributed by atoms with E-state index in [1.54, 1.807) is 26.1 Å². The van der Waals surface area contributed by atoms with Gasteiger partial charge in [0.25, 0.3) is 0 Å². The van der Waals surface area contributed by atoms with Crippen LogP contribution in [0.1, 0.15) is 16.1 Å². The number of carbonyl (C=O) groups is 1. The fraction of sp³-hybridized carbons (Fsp3) is 0.167. The average Bonchev–Trinajstić information content (AvgIpc) is 2.67. The summed E-state index contributed by atoms with van der Waals surface area (Å²) >= 11 is 3.35. The van der Waals surface area contributed by atoms with Gasteiger partial charge in [0.2, 0.25) is 0 Å². The highest BCUT2D eigenvalue weighted by Crippen LogP contribution is 2.38. The summed E-state index contributed by atoms with van der Waals surface area (Å²) in [4.78, 5) is 10.9. The molecule has 0 bridgehead atoms. The van der Waals surface area contributed by atoms with E-state index in [9.17, 15) is 9.90 Å². The molecule has 0 amide bonds. The lowest BCUT2D eigenvalue weighted by Gasteiger charge is -2.09. The molecule has 0 aliphatic heterocycles. The largest absolute Gasteiger partial charge is 0.507 e. The number of phenolic OH excluding ortho intramolecular Hbond substituents is 1. The van der Waals surface area contributed by atoms with E-state index < -0.39 is 5.97 Å². The second-order valence-corrected chi connectivity index (χ2v) is 4.79. The number of carboxylic acids is 1. The Balaban J connectivity index is 2.69. The van der Waals surface area contributed by atoms with Gasteiger partial charge in [-0.15, -0.1) is 0 Å². The van der Waals surface area contributed by atoms with Gasteiger partial charge >= 0.3 is 5.97 Å². The molecule has 5 nitrogen and oxygen atoms in total. The van der Waals surface area contributed by atoms with E-state index in [1.165, 1.54) is 10.7 Å². The van der Waals surface area contributed by atoms with Gasteiger partial charge in [-0.2, -0.15) is 5.10 Å². The molecule has 1 heterocycles. The fourth-order valence-corrected chi connectivity index (χ4v) is 2.24. The summed E-state index contributed by atoms with van der Waals surface area (Å²) in [6, 6.07) is 5.01. The summed E-state index contributed by atoms with van der Waals surface area (Å²) in [5.41, 5.74) is 1.74. The number of aryl methyl sites for hydroxylation is 2. The van der Waals surface area contributed by atoms with E-state index in [2.05, 4.69) is 21.0 Å². The standard InChI is InChI=1S/C12H11BrN2O3/c1-6-3-4-7(13)10(11(6)16)9-5-8(12(17)18)14-15(9)2/h3-5,16H,1-2H3,(H,17,18). The average molecular weight is 311 g/mol. The second-order valence-electron chi connectivity index (χ2n) is 3.93. The quantitative estimate of drug-likeness (QED) is 0.894. The van der Waals surface area contributed by atoms with Crippen molar-refractivity contribution in [3.63, 3.8) is 0 Å². The van der Waals surface area contributed by atoms with Gasteiger partial charge in [0.1, 0.15) is 5.75 Å². The molecule has 0 spiro atoms. The first-order valence-electron chi connectivity index (χ1n) is 5.17. The summed E-state index contributed by atoms with van der Waals surface area (Å²) < 4.78 is 2.12. The smallest absolute Gasteiger partial charge is 0.356 e. The molecule has 2 N–H and O–H groups in total.